The fraction of sp³-hybridized carbons (Fsp3) is 0.167. The Morgan fingerprint density at radius 2 is 1.22 bits per heavy atom. The highest BCUT2D eigenvalue weighted by Gasteiger charge is 2.38. The van der Waals surface area contributed by atoms with Gasteiger partial charge in [-0.15, -0.1) is 0 Å². The van der Waals surface area contributed by atoms with Gasteiger partial charge in [0.1, 0.15) is 6.54 Å². The van der Waals surface area contributed by atoms with E-state index >= 15 is 0 Å². The van der Waals surface area contributed by atoms with Crippen LogP contribution in [0.3, 0.4) is 0 Å². The molecule has 0 N–H and O–H groups in total. The molecular weight excluding hydrogens is 292 g/mol. The van der Waals surface area contributed by atoms with Crippen LogP contribution in [-0.2, 0) is 27.5 Å². The first-order valence-corrected chi connectivity index (χ1v) is 7.36. The van der Waals surface area contributed by atoms with E-state index in [1.807, 2.05) is 60.7 Å². The zero-order chi connectivity index (χ0) is 16.2. The lowest BCUT2D eigenvalue weighted by atomic mass is 10.1. The summed E-state index contributed by atoms with van der Waals surface area (Å²) in [6.07, 6.45) is 0. The molecule has 5 nitrogen and oxygen atoms in total. The van der Waals surface area contributed by atoms with Crippen molar-refractivity contribution in [1.82, 2.24) is 9.80 Å². The van der Waals surface area contributed by atoms with Gasteiger partial charge in [0, 0.05) is 6.54 Å². The van der Waals surface area contributed by atoms with Gasteiger partial charge in [0.2, 0.25) is 5.91 Å². The average Bonchev–Trinajstić information content (AvgIpc) is 2.58. The SMILES string of the molecule is O=C1C(=O)N(Cc2ccccc2)C(=O)CN1Cc1ccccc1. The van der Waals surface area contributed by atoms with E-state index in [-0.39, 0.29) is 25.5 Å². The fourth-order valence-corrected chi connectivity index (χ4v) is 2.54. The summed E-state index contributed by atoms with van der Waals surface area (Å²) in [4.78, 5) is 39.1. The van der Waals surface area contributed by atoms with Crippen LogP contribution in [0.1, 0.15) is 11.1 Å². The van der Waals surface area contributed by atoms with Gasteiger partial charge in [-0.1, -0.05) is 60.7 Å². The van der Waals surface area contributed by atoms with E-state index in [1.165, 1.54) is 4.90 Å². The maximum atomic E-state index is 12.3. The third-order valence-electron chi connectivity index (χ3n) is 3.74. The van der Waals surface area contributed by atoms with Crippen molar-refractivity contribution < 1.29 is 14.4 Å². The minimum Gasteiger partial charge on any atom is -0.321 e. The number of rotatable bonds is 4. The summed E-state index contributed by atoms with van der Waals surface area (Å²) in [6.45, 7) is 0.312. The van der Waals surface area contributed by atoms with Gasteiger partial charge >= 0.3 is 11.8 Å². The van der Waals surface area contributed by atoms with Crippen LogP contribution in [0.15, 0.2) is 60.7 Å². The van der Waals surface area contributed by atoms with Crippen molar-refractivity contribution in [3.05, 3.63) is 71.8 Å². The van der Waals surface area contributed by atoms with Crippen molar-refractivity contribution in [2.24, 2.45) is 0 Å². The molecule has 1 aliphatic rings. The molecule has 2 aromatic carbocycles. The standard InChI is InChI=1S/C18H16N2O3/c21-16-13-19(11-14-7-3-1-4-8-14)17(22)18(23)20(16)12-15-9-5-2-6-10-15/h1-10H,11-13H2. The second-order valence-electron chi connectivity index (χ2n) is 5.42. The Kier molecular flexibility index (Phi) is 4.19. The van der Waals surface area contributed by atoms with Gasteiger partial charge in [-0.2, -0.15) is 0 Å². The van der Waals surface area contributed by atoms with Crippen LogP contribution in [0.5, 0.6) is 0 Å². The number of hydrogen-bond acceptors (Lipinski definition) is 3. The van der Waals surface area contributed by atoms with Crippen LogP contribution in [0.25, 0.3) is 0 Å². The van der Waals surface area contributed by atoms with Gasteiger partial charge in [-0.25, -0.2) is 0 Å². The maximum absolute atomic E-state index is 12.3. The van der Waals surface area contributed by atoms with Crippen molar-refractivity contribution in [2.75, 3.05) is 6.54 Å². The molecule has 3 rings (SSSR count). The molecule has 0 spiro atoms. The second-order valence-corrected chi connectivity index (χ2v) is 5.42. The molecule has 0 unspecified atom stereocenters. The first-order chi connectivity index (χ1) is 11.1. The van der Waals surface area contributed by atoms with Gasteiger partial charge in [0.15, 0.2) is 0 Å². The lowest BCUT2D eigenvalue weighted by Gasteiger charge is -2.32. The summed E-state index contributed by atoms with van der Waals surface area (Å²) < 4.78 is 0. The Morgan fingerprint density at radius 3 is 1.78 bits per heavy atom. The molecule has 23 heavy (non-hydrogen) atoms. The third kappa shape index (κ3) is 3.29. The predicted octanol–water partition coefficient (Wildman–Crippen LogP) is 1.58. The molecule has 1 saturated heterocycles. The molecule has 116 valence electrons. The van der Waals surface area contributed by atoms with Crippen molar-refractivity contribution >= 4 is 17.7 Å². The molecule has 3 amide bonds. The number of amides is 3. The molecule has 0 aromatic heterocycles. The first kappa shape index (κ1) is 15.0. The van der Waals surface area contributed by atoms with Crippen LogP contribution < -0.4 is 0 Å². The molecule has 0 bridgehead atoms. The van der Waals surface area contributed by atoms with Gasteiger partial charge in [-0.3, -0.25) is 19.3 Å². The van der Waals surface area contributed by atoms with E-state index in [0.717, 1.165) is 16.0 Å². The predicted molar refractivity (Wildman–Crippen MR) is 83.9 cm³/mol. The lowest BCUT2D eigenvalue weighted by Crippen LogP contribution is -2.56. The van der Waals surface area contributed by atoms with Crippen LogP contribution in [0.4, 0.5) is 0 Å². The summed E-state index contributed by atoms with van der Waals surface area (Å²) in [7, 11) is 0. The monoisotopic (exact) mass is 308 g/mol. The molecular formula is C18H16N2O3. The van der Waals surface area contributed by atoms with Crippen LogP contribution in [-0.4, -0.2) is 34.1 Å². The van der Waals surface area contributed by atoms with E-state index in [1.54, 1.807) is 0 Å². The number of carbonyl (C=O) groups is 3. The number of hydrogen-bond donors (Lipinski definition) is 0. The summed E-state index contributed by atoms with van der Waals surface area (Å²) in [5, 5.41) is 0. The molecule has 1 heterocycles. The Labute approximate surface area is 134 Å². The highest BCUT2D eigenvalue weighted by atomic mass is 16.2. The second kappa shape index (κ2) is 6.44. The summed E-state index contributed by atoms with van der Waals surface area (Å²) in [5.41, 5.74) is 1.71. The zero-order valence-corrected chi connectivity index (χ0v) is 12.5. The minimum atomic E-state index is -0.763. The molecule has 2 aromatic rings. The Bertz CT molecular complexity index is 728. The highest BCUT2D eigenvalue weighted by molar-refractivity contribution is 6.39. The summed E-state index contributed by atoms with van der Waals surface area (Å²) in [5.74, 6) is -1.75. The van der Waals surface area contributed by atoms with E-state index < -0.39 is 11.8 Å². The molecule has 0 aliphatic carbocycles. The minimum absolute atomic E-state index is 0.0771. The van der Waals surface area contributed by atoms with Gasteiger partial charge < -0.3 is 4.90 Å². The Hall–Kier alpha value is -2.95. The third-order valence-corrected chi connectivity index (χ3v) is 3.74. The van der Waals surface area contributed by atoms with Gasteiger partial charge in [-0.05, 0) is 11.1 Å². The van der Waals surface area contributed by atoms with E-state index in [2.05, 4.69) is 0 Å². The van der Waals surface area contributed by atoms with Crippen LogP contribution >= 0.6 is 0 Å². The normalized spacial score (nSPS) is 15.2. The Morgan fingerprint density at radius 1 is 0.696 bits per heavy atom. The van der Waals surface area contributed by atoms with E-state index in [4.69, 9.17) is 0 Å². The first-order valence-electron chi connectivity index (χ1n) is 7.36. The quantitative estimate of drug-likeness (QED) is 0.636. The van der Waals surface area contributed by atoms with E-state index in [0.29, 0.717) is 0 Å². The molecule has 0 saturated carbocycles. The molecule has 1 fully saturated rings. The van der Waals surface area contributed by atoms with Crippen molar-refractivity contribution in [1.29, 1.82) is 0 Å². The van der Waals surface area contributed by atoms with Crippen LogP contribution in [0, 0.1) is 0 Å². The lowest BCUT2D eigenvalue weighted by molar-refractivity contribution is -0.164. The smallest absolute Gasteiger partial charge is 0.319 e. The Balaban J connectivity index is 1.73. The zero-order valence-electron chi connectivity index (χ0n) is 12.5. The maximum Gasteiger partial charge on any atom is 0.319 e. The fourth-order valence-electron chi connectivity index (χ4n) is 2.54. The summed E-state index contributed by atoms with van der Waals surface area (Å²) >= 11 is 0. The van der Waals surface area contributed by atoms with Crippen LogP contribution in [0.2, 0.25) is 0 Å². The van der Waals surface area contributed by atoms with Crippen molar-refractivity contribution in [3.8, 4) is 0 Å². The topological polar surface area (TPSA) is 57.7 Å². The molecule has 0 radical (unpaired) electrons. The average molecular weight is 308 g/mol. The van der Waals surface area contributed by atoms with Crippen molar-refractivity contribution in [2.45, 2.75) is 13.1 Å². The van der Waals surface area contributed by atoms with Gasteiger partial charge in [0.25, 0.3) is 0 Å². The molecule has 0 atom stereocenters. The number of nitrogens with zero attached hydrogens (tertiary/aromatic N) is 2. The summed E-state index contributed by atoms with van der Waals surface area (Å²) in [6, 6.07) is 18.5. The van der Waals surface area contributed by atoms with Gasteiger partial charge in [0.05, 0.1) is 6.54 Å². The number of carbonyl (C=O) groups excluding carboxylic acids is 3. The molecule has 1 aliphatic heterocycles. The van der Waals surface area contributed by atoms with E-state index in [9.17, 15) is 14.4 Å². The van der Waals surface area contributed by atoms with Crippen molar-refractivity contribution in [3.63, 3.8) is 0 Å². The number of benzene rings is 2. The number of imide groups is 1. The molecule has 5 heteroatoms. The largest absolute Gasteiger partial charge is 0.321 e. The number of piperazine rings is 1. The highest BCUT2D eigenvalue weighted by Crippen LogP contribution is 2.14.